The number of ether oxygens (including phenoxy) is 3. The van der Waals surface area contributed by atoms with Gasteiger partial charge < -0.3 is 14.2 Å². The molecule has 0 aromatic heterocycles. The van der Waals surface area contributed by atoms with Crippen molar-refractivity contribution in [2.24, 2.45) is 5.41 Å². The first kappa shape index (κ1) is 19.5. The van der Waals surface area contributed by atoms with Crippen LogP contribution in [0.4, 0.5) is 0 Å². The van der Waals surface area contributed by atoms with Crippen LogP contribution in [0, 0.1) is 5.41 Å². The number of carbonyl (C=O) groups is 2. The Bertz CT molecular complexity index is 890. The lowest BCUT2D eigenvalue weighted by Gasteiger charge is -2.44. The number of rotatable bonds is 6. The molecule has 5 nitrogen and oxygen atoms in total. The molecule has 0 saturated heterocycles. The lowest BCUT2D eigenvalue weighted by Crippen LogP contribution is -2.51. The Hall–Kier alpha value is -2.82. The molecule has 0 saturated carbocycles. The molecule has 0 heterocycles. The summed E-state index contributed by atoms with van der Waals surface area (Å²) in [5.41, 5.74) is 0.299. The molecule has 0 aliphatic heterocycles. The SMILES string of the molecule is [2H]CC1(c2ccc(OC)cc2)CC(C(=O)OCC)(C(=O)OCC)Cc2ccccc21. The molecule has 2 aromatic rings. The van der Waals surface area contributed by atoms with Gasteiger partial charge in [0.25, 0.3) is 0 Å². The first-order valence-electron chi connectivity index (χ1n) is 10.5. The van der Waals surface area contributed by atoms with Crippen LogP contribution in [-0.2, 0) is 30.9 Å². The predicted octanol–water partition coefficient (Wildman–Crippen LogP) is 4.06. The summed E-state index contributed by atoms with van der Waals surface area (Å²) in [5, 5.41) is 0. The van der Waals surface area contributed by atoms with Gasteiger partial charge in [-0.05, 0) is 55.5 Å². The van der Waals surface area contributed by atoms with Gasteiger partial charge in [0.15, 0.2) is 5.41 Å². The van der Waals surface area contributed by atoms with E-state index in [0.717, 1.165) is 16.7 Å². The minimum absolute atomic E-state index is 0.0309. The van der Waals surface area contributed by atoms with Gasteiger partial charge >= 0.3 is 11.9 Å². The van der Waals surface area contributed by atoms with Crippen LogP contribution in [0.15, 0.2) is 48.5 Å². The molecule has 0 radical (unpaired) electrons. The minimum Gasteiger partial charge on any atom is -0.497 e. The van der Waals surface area contributed by atoms with E-state index in [1.807, 2.05) is 48.5 Å². The third-order valence-electron chi connectivity index (χ3n) is 5.60. The summed E-state index contributed by atoms with van der Waals surface area (Å²) < 4.78 is 24.5. The van der Waals surface area contributed by atoms with Crippen molar-refractivity contribution in [2.75, 3.05) is 20.3 Å². The number of benzene rings is 2. The van der Waals surface area contributed by atoms with Gasteiger partial charge in [0.1, 0.15) is 5.75 Å². The van der Waals surface area contributed by atoms with Crippen LogP contribution in [0.3, 0.4) is 0 Å². The molecular formula is C24H28O5. The van der Waals surface area contributed by atoms with Crippen LogP contribution in [0.5, 0.6) is 5.75 Å². The van der Waals surface area contributed by atoms with Crippen molar-refractivity contribution >= 4 is 11.9 Å². The van der Waals surface area contributed by atoms with E-state index >= 15 is 0 Å². The zero-order chi connectivity index (χ0) is 21.8. The second-order valence-corrected chi connectivity index (χ2v) is 7.34. The van der Waals surface area contributed by atoms with Gasteiger partial charge in [-0.25, -0.2) is 0 Å². The van der Waals surface area contributed by atoms with Crippen molar-refractivity contribution in [2.45, 2.75) is 39.0 Å². The molecule has 0 bridgehead atoms. The molecule has 5 heteroatoms. The summed E-state index contributed by atoms with van der Waals surface area (Å²) in [5.74, 6) is -0.487. The molecule has 2 aromatic carbocycles. The van der Waals surface area contributed by atoms with E-state index in [-0.39, 0.29) is 33.0 Å². The highest BCUT2D eigenvalue weighted by molar-refractivity contribution is 6.01. The topological polar surface area (TPSA) is 61.8 Å². The van der Waals surface area contributed by atoms with Gasteiger partial charge in [-0.1, -0.05) is 43.3 Å². The maximum absolute atomic E-state index is 13.2. The van der Waals surface area contributed by atoms with Crippen molar-refractivity contribution < 1.29 is 25.2 Å². The van der Waals surface area contributed by atoms with E-state index in [1.54, 1.807) is 21.0 Å². The Morgan fingerprint density at radius 1 is 1.00 bits per heavy atom. The molecule has 0 N–H and O–H groups in total. The van der Waals surface area contributed by atoms with Crippen molar-refractivity contribution in [1.29, 1.82) is 0 Å². The molecule has 1 aliphatic carbocycles. The number of fused-ring (bicyclic) bond motifs is 1. The fourth-order valence-corrected chi connectivity index (χ4v) is 4.22. The lowest BCUT2D eigenvalue weighted by atomic mass is 9.58. The highest BCUT2D eigenvalue weighted by Gasteiger charge is 2.57. The maximum atomic E-state index is 13.2. The predicted molar refractivity (Wildman–Crippen MR) is 110 cm³/mol. The van der Waals surface area contributed by atoms with Gasteiger partial charge in [0.05, 0.1) is 20.3 Å². The molecule has 0 fully saturated rings. The smallest absolute Gasteiger partial charge is 0.323 e. The quantitative estimate of drug-likeness (QED) is 0.543. The molecule has 29 heavy (non-hydrogen) atoms. The average Bonchev–Trinajstić information content (AvgIpc) is 2.78. The molecule has 0 spiro atoms. The van der Waals surface area contributed by atoms with Gasteiger partial charge in [-0.15, -0.1) is 0 Å². The third-order valence-corrected chi connectivity index (χ3v) is 5.60. The monoisotopic (exact) mass is 397 g/mol. The van der Waals surface area contributed by atoms with Gasteiger partial charge in [-0.3, -0.25) is 9.59 Å². The maximum Gasteiger partial charge on any atom is 0.323 e. The zero-order valence-electron chi connectivity index (χ0n) is 18.2. The summed E-state index contributed by atoms with van der Waals surface area (Å²) >= 11 is 0. The summed E-state index contributed by atoms with van der Waals surface area (Å²) in [6.07, 6.45) is 0.309. The van der Waals surface area contributed by atoms with E-state index in [0.29, 0.717) is 5.75 Å². The molecule has 1 atom stereocenters. The van der Waals surface area contributed by atoms with Gasteiger partial charge in [-0.2, -0.15) is 0 Å². The Balaban J connectivity index is 2.24. The number of carbonyl (C=O) groups excluding carboxylic acids is 2. The summed E-state index contributed by atoms with van der Waals surface area (Å²) in [6, 6.07) is 15.2. The Morgan fingerprint density at radius 2 is 1.62 bits per heavy atom. The van der Waals surface area contributed by atoms with E-state index < -0.39 is 22.8 Å². The van der Waals surface area contributed by atoms with Crippen LogP contribution in [0.25, 0.3) is 0 Å². The second-order valence-electron chi connectivity index (χ2n) is 7.34. The Labute approximate surface area is 173 Å². The van der Waals surface area contributed by atoms with Crippen LogP contribution in [-0.4, -0.2) is 32.3 Å². The minimum atomic E-state index is -1.50. The Morgan fingerprint density at radius 3 is 2.17 bits per heavy atom. The molecular weight excluding hydrogens is 368 g/mol. The highest BCUT2D eigenvalue weighted by Crippen LogP contribution is 2.51. The lowest BCUT2D eigenvalue weighted by molar-refractivity contribution is -0.174. The largest absolute Gasteiger partial charge is 0.497 e. The van der Waals surface area contributed by atoms with E-state index in [2.05, 4.69) is 0 Å². The number of esters is 2. The molecule has 1 aliphatic rings. The van der Waals surface area contributed by atoms with Crippen molar-refractivity contribution in [3.05, 3.63) is 65.2 Å². The second kappa shape index (κ2) is 8.27. The molecule has 3 rings (SSSR count). The first-order chi connectivity index (χ1) is 14.5. The van der Waals surface area contributed by atoms with Crippen LogP contribution >= 0.6 is 0 Å². The van der Waals surface area contributed by atoms with Crippen LogP contribution < -0.4 is 4.74 Å². The van der Waals surface area contributed by atoms with Gasteiger partial charge in [0, 0.05) is 6.79 Å². The third kappa shape index (κ3) is 3.61. The number of methoxy groups -OCH3 is 1. The fourth-order valence-electron chi connectivity index (χ4n) is 4.22. The van der Waals surface area contributed by atoms with E-state index in [1.165, 1.54) is 0 Å². The first-order valence-corrected chi connectivity index (χ1v) is 9.84. The van der Waals surface area contributed by atoms with Crippen molar-refractivity contribution in [3.8, 4) is 5.75 Å². The van der Waals surface area contributed by atoms with E-state index in [4.69, 9.17) is 15.6 Å². The summed E-state index contributed by atoms with van der Waals surface area (Å²) in [4.78, 5) is 26.4. The molecule has 1 unspecified atom stereocenters. The van der Waals surface area contributed by atoms with Crippen molar-refractivity contribution in [3.63, 3.8) is 0 Å². The number of hydrogen-bond acceptors (Lipinski definition) is 5. The van der Waals surface area contributed by atoms with Crippen LogP contribution in [0.1, 0.15) is 45.2 Å². The Kier molecular flexibility index (Phi) is 5.56. The van der Waals surface area contributed by atoms with Gasteiger partial charge in [0.2, 0.25) is 0 Å². The van der Waals surface area contributed by atoms with E-state index in [9.17, 15) is 9.59 Å². The standard InChI is InChI=1S/C24H28O5/c1-5-28-21(25)24(22(26)29-6-2)15-17-9-7-8-10-20(17)23(3,16-24)18-11-13-19(27-4)14-12-18/h7-14H,5-6,15-16H2,1-4H3/i3D. The zero-order valence-corrected chi connectivity index (χ0v) is 17.2. The van der Waals surface area contributed by atoms with Crippen LogP contribution in [0.2, 0.25) is 0 Å². The fraction of sp³-hybridized carbons (Fsp3) is 0.417. The molecule has 154 valence electrons. The van der Waals surface area contributed by atoms with Crippen molar-refractivity contribution in [1.82, 2.24) is 0 Å². The summed E-state index contributed by atoms with van der Waals surface area (Å²) in [6.45, 7) is 3.73. The molecule has 0 amide bonds. The number of hydrogen-bond donors (Lipinski definition) is 0. The average molecular weight is 397 g/mol. The summed E-state index contributed by atoms with van der Waals surface area (Å²) in [7, 11) is 1.59. The highest BCUT2D eigenvalue weighted by atomic mass is 16.6. The normalized spacial score (nSPS) is 20.2.